The van der Waals surface area contributed by atoms with Gasteiger partial charge in [-0.1, -0.05) is 194 Å². The zero-order chi connectivity index (χ0) is 56.9. The maximum atomic E-state index is 2.40. The van der Waals surface area contributed by atoms with Crippen molar-refractivity contribution in [2.75, 3.05) is 9.80 Å². The van der Waals surface area contributed by atoms with Crippen molar-refractivity contribution >= 4 is 111 Å². The van der Waals surface area contributed by atoms with Gasteiger partial charge >= 0.3 is 0 Å². The molecule has 4 heteroatoms. The first kappa shape index (κ1) is 50.3. The standard InChI is InChI=1S/C82H56N4/c1-5-21-67(22-6-1)83(73-45-49-81-77(55-73)75-53-65(63-37-35-59-17-13-15-19-61(59)51-63)39-47-79(75)85(81)69-25-9-3-10-26-69)71-41-31-57(32-42-71)29-30-58-33-43-72(44-34-58)84(68-23-7-2-8-24-68)74-46-50-82-78(56-74)76-54-66(64-38-36-60-18-14-16-20-62(60)52-64)40-48-80(76)86(82)70-27-11-4-12-28-70/h1-56H. The monoisotopic (exact) mass is 1100 g/mol. The smallest absolute Gasteiger partial charge is 0.0542 e. The third-order valence-corrected chi connectivity index (χ3v) is 17.0. The van der Waals surface area contributed by atoms with Crippen LogP contribution in [0.3, 0.4) is 0 Å². The molecular weight excluding hydrogens is 1040 g/mol. The minimum absolute atomic E-state index is 1.08. The van der Waals surface area contributed by atoms with E-state index in [4.69, 9.17) is 0 Å². The van der Waals surface area contributed by atoms with E-state index < -0.39 is 0 Å². The van der Waals surface area contributed by atoms with Crippen molar-refractivity contribution in [2.45, 2.75) is 0 Å². The molecule has 86 heavy (non-hydrogen) atoms. The topological polar surface area (TPSA) is 16.3 Å². The summed E-state index contributed by atoms with van der Waals surface area (Å²) in [5.41, 5.74) is 20.5. The minimum atomic E-state index is 1.08. The fourth-order valence-electron chi connectivity index (χ4n) is 12.8. The molecule has 0 spiro atoms. The normalized spacial score (nSPS) is 11.7. The van der Waals surface area contributed by atoms with Crippen molar-refractivity contribution in [3.05, 3.63) is 339 Å². The second-order valence-corrected chi connectivity index (χ2v) is 22.2. The minimum Gasteiger partial charge on any atom is -0.310 e. The number of hydrogen-bond donors (Lipinski definition) is 0. The van der Waals surface area contributed by atoms with Gasteiger partial charge in [0.1, 0.15) is 0 Å². The quantitative estimate of drug-likeness (QED) is 0.113. The van der Waals surface area contributed by atoms with Crippen LogP contribution in [0.2, 0.25) is 0 Å². The van der Waals surface area contributed by atoms with E-state index in [0.29, 0.717) is 0 Å². The Labute approximate surface area is 499 Å². The van der Waals surface area contributed by atoms with Crippen LogP contribution in [0, 0.1) is 0 Å². The van der Waals surface area contributed by atoms with Gasteiger partial charge in [0, 0.05) is 67.0 Å². The number of nitrogens with zero attached hydrogens (tertiary/aromatic N) is 4. The molecule has 404 valence electrons. The van der Waals surface area contributed by atoms with Gasteiger partial charge < -0.3 is 18.9 Å². The molecule has 0 amide bonds. The van der Waals surface area contributed by atoms with Gasteiger partial charge in [0.15, 0.2) is 0 Å². The van der Waals surface area contributed by atoms with Gasteiger partial charge in [0.05, 0.1) is 22.1 Å². The Balaban J connectivity index is 0.724. The molecule has 4 nitrogen and oxygen atoms in total. The maximum Gasteiger partial charge on any atom is 0.0542 e. The van der Waals surface area contributed by atoms with Gasteiger partial charge in [-0.25, -0.2) is 0 Å². The van der Waals surface area contributed by atoms with Gasteiger partial charge in [-0.3, -0.25) is 0 Å². The molecule has 0 aliphatic carbocycles. The first-order valence-electron chi connectivity index (χ1n) is 29.5. The molecular formula is C82H56N4. The van der Waals surface area contributed by atoms with Crippen molar-refractivity contribution in [1.82, 2.24) is 9.13 Å². The van der Waals surface area contributed by atoms with Crippen LogP contribution in [0.5, 0.6) is 0 Å². The highest BCUT2D eigenvalue weighted by molar-refractivity contribution is 6.13. The number of anilines is 6. The van der Waals surface area contributed by atoms with Crippen LogP contribution in [-0.4, -0.2) is 9.13 Å². The van der Waals surface area contributed by atoms with Crippen LogP contribution in [0.15, 0.2) is 328 Å². The number of rotatable bonds is 12. The molecule has 0 fully saturated rings. The Morgan fingerprint density at radius 1 is 0.209 bits per heavy atom. The number of fused-ring (bicyclic) bond motifs is 8. The third-order valence-electron chi connectivity index (χ3n) is 17.0. The molecule has 0 N–H and O–H groups in total. The van der Waals surface area contributed by atoms with E-state index in [1.54, 1.807) is 0 Å². The van der Waals surface area contributed by atoms with Gasteiger partial charge in [-0.05, 0) is 201 Å². The molecule has 0 aliphatic heterocycles. The molecule has 0 saturated heterocycles. The lowest BCUT2D eigenvalue weighted by atomic mass is 9.99. The summed E-state index contributed by atoms with van der Waals surface area (Å²) < 4.78 is 4.79. The molecule has 0 aliphatic rings. The van der Waals surface area contributed by atoms with E-state index in [0.717, 1.165) is 67.7 Å². The average molecular weight is 1100 g/mol. The van der Waals surface area contributed by atoms with Crippen LogP contribution < -0.4 is 9.80 Å². The SMILES string of the molecule is C(=Cc1ccc(N(c2ccccc2)c2ccc3c(c2)c2cc(-c4ccc5ccccc5c4)ccc2n3-c2ccccc2)cc1)c1ccc(N(c2ccccc2)c2ccc3c(c2)c2cc(-c4ccc5ccccc5c4)ccc2n3-c2ccccc2)cc1. The van der Waals surface area contributed by atoms with Crippen LogP contribution in [-0.2, 0) is 0 Å². The lowest BCUT2D eigenvalue weighted by Gasteiger charge is -2.26. The van der Waals surface area contributed by atoms with E-state index in [1.165, 1.54) is 76.4 Å². The lowest BCUT2D eigenvalue weighted by molar-refractivity contribution is 1.18. The van der Waals surface area contributed by atoms with E-state index in [2.05, 4.69) is 359 Å². The molecule has 0 saturated carbocycles. The molecule has 0 unspecified atom stereocenters. The third kappa shape index (κ3) is 9.14. The molecule has 14 aromatic carbocycles. The van der Waals surface area contributed by atoms with E-state index in [9.17, 15) is 0 Å². The van der Waals surface area contributed by atoms with Crippen molar-refractivity contribution in [2.24, 2.45) is 0 Å². The zero-order valence-corrected chi connectivity index (χ0v) is 47.1. The molecule has 2 aromatic heterocycles. The summed E-state index contributed by atoms with van der Waals surface area (Å²) >= 11 is 0. The molecule has 0 bridgehead atoms. The fraction of sp³-hybridized carbons (Fsp3) is 0. The molecule has 2 heterocycles. The second kappa shape index (κ2) is 21.4. The van der Waals surface area contributed by atoms with Crippen LogP contribution in [0.4, 0.5) is 34.1 Å². The molecule has 0 atom stereocenters. The highest BCUT2D eigenvalue weighted by Gasteiger charge is 2.21. The highest BCUT2D eigenvalue weighted by Crippen LogP contribution is 2.44. The number of para-hydroxylation sites is 4. The maximum absolute atomic E-state index is 2.40. The van der Waals surface area contributed by atoms with Crippen molar-refractivity contribution in [1.29, 1.82) is 0 Å². The summed E-state index contributed by atoms with van der Waals surface area (Å²) in [5.74, 6) is 0. The van der Waals surface area contributed by atoms with E-state index >= 15 is 0 Å². The zero-order valence-electron chi connectivity index (χ0n) is 47.1. The number of hydrogen-bond acceptors (Lipinski definition) is 2. The largest absolute Gasteiger partial charge is 0.310 e. The predicted octanol–water partition coefficient (Wildman–Crippen LogP) is 22.6. The Morgan fingerprint density at radius 2 is 0.500 bits per heavy atom. The summed E-state index contributed by atoms with van der Waals surface area (Å²) in [6, 6.07) is 119. The average Bonchev–Trinajstić information content (AvgIpc) is 2.07. The Morgan fingerprint density at radius 3 is 0.895 bits per heavy atom. The highest BCUT2D eigenvalue weighted by atomic mass is 15.1. The van der Waals surface area contributed by atoms with E-state index in [1.807, 2.05) is 0 Å². The van der Waals surface area contributed by atoms with E-state index in [-0.39, 0.29) is 0 Å². The van der Waals surface area contributed by atoms with Crippen molar-refractivity contribution in [3.8, 4) is 33.6 Å². The Hall–Kier alpha value is -11.5. The van der Waals surface area contributed by atoms with Crippen LogP contribution in [0.1, 0.15) is 11.1 Å². The van der Waals surface area contributed by atoms with Crippen molar-refractivity contribution < 1.29 is 0 Å². The first-order chi connectivity index (χ1) is 42.6. The Bertz CT molecular complexity index is 4870. The second-order valence-electron chi connectivity index (χ2n) is 22.2. The summed E-state index contributed by atoms with van der Waals surface area (Å²) in [7, 11) is 0. The summed E-state index contributed by atoms with van der Waals surface area (Å²) in [6.45, 7) is 0. The van der Waals surface area contributed by atoms with Gasteiger partial charge in [0.25, 0.3) is 0 Å². The van der Waals surface area contributed by atoms with Crippen molar-refractivity contribution in [3.63, 3.8) is 0 Å². The number of aromatic nitrogens is 2. The predicted molar refractivity (Wildman–Crippen MR) is 366 cm³/mol. The summed E-state index contributed by atoms with van der Waals surface area (Å²) in [4.78, 5) is 4.73. The molecule has 16 aromatic rings. The fourth-order valence-corrected chi connectivity index (χ4v) is 12.8. The summed E-state index contributed by atoms with van der Waals surface area (Å²) in [5, 5.41) is 9.78. The first-order valence-corrected chi connectivity index (χ1v) is 29.5. The van der Waals surface area contributed by atoms with Gasteiger partial charge in [-0.15, -0.1) is 0 Å². The van der Waals surface area contributed by atoms with Crippen LogP contribution >= 0.6 is 0 Å². The van der Waals surface area contributed by atoms with Gasteiger partial charge in [-0.2, -0.15) is 0 Å². The molecule has 0 radical (unpaired) electrons. The summed E-state index contributed by atoms with van der Waals surface area (Å²) in [6.07, 6.45) is 4.42. The van der Waals surface area contributed by atoms with Gasteiger partial charge in [0.2, 0.25) is 0 Å². The lowest BCUT2D eigenvalue weighted by Crippen LogP contribution is -2.09. The number of benzene rings is 14. The van der Waals surface area contributed by atoms with Crippen LogP contribution in [0.25, 0.3) is 111 Å². The molecule has 16 rings (SSSR count). The Kier molecular flexibility index (Phi) is 12.5.